The summed E-state index contributed by atoms with van der Waals surface area (Å²) in [7, 11) is 1.79. The Morgan fingerprint density at radius 2 is 2.00 bits per heavy atom. The van der Waals surface area contributed by atoms with Gasteiger partial charge in [-0.15, -0.1) is 0 Å². The average molecular weight is 400 g/mol. The molecule has 4 rings (SSSR count). The summed E-state index contributed by atoms with van der Waals surface area (Å²) in [5, 5.41) is 9.81. The zero-order valence-corrected chi connectivity index (χ0v) is 17.6. The molecule has 3 heterocycles. The Kier molecular flexibility index (Phi) is 5.18. The third-order valence-corrected chi connectivity index (χ3v) is 5.44. The number of nitrogens with one attached hydrogen (secondary N) is 1. The smallest absolute Gasteiger partial charge is 0.153 e. The Hall–Kier alpha value is -3.74. The summed E-state index contributed by atoms with van der Waals surface area (Å²) >= 11 is 0. The highest BCUT2D eigenvalue weighted by Gasteiger charge is 2.11. The van der Waals surface area contributed by atoms with E-state index in [0.717, 1.165) is 39.0 Å². The van der Waals surface area contributed by atoms with Crippen LogP contribution < -0.4 is 11.1 Å². The first-order valence-electron chi connectivity index (χ1n) is 9.82. The van der Waals surface area contributed by atoms with E-state index in [4.69, 9.17) is 5.73 Å². The van der Waals surface area contributed by atoms with Crippen LogP contribution >= 0.6 is 0 Å². The van der Waals surface area contributed by atoms with Crippen molar-refractivity contribution in [2.24, 2.45) is 4.99 Å². The molecule has 7 nitrogen and oxygen atoms in total. The molecule has 0 fully saturated rings. The number of pyridine rings is 2. The van der Waals surface area contributed by atoms with Crippen LogP contribution in [0.2, 0.25) is 0 Å². The van der Waals surface area contributed by atoms with Crippen LogP contribution in [0.4, 0.5) is 17.3 Å². The van der Waals surface area contributed by atoms with E-state index in [1.54, 1.807) is 19.4 Å². The maximum atomic E-state index is 6.32. The lowest BCUT2D eigenvalue weighted by atomic mass is 9.99. The summed E-state index contributed by atoms with van der Waals surface area (Å²) < 4.78 is 1.88. The predicted octanol–water partition coefficient (Wildman–Crippen LogP) is 4.78. The maximum Gasteiger partial charge on any atom is 0.153 e. The van der Waals surface area contributed by atoms with E-state index in [0.29, 0.717) is 11.5 Å². The van der Waals surface area contributed by atoms with E-state index in [1.807, 2.05) is 48.3 Å². The van der Waals surface area contributed by atoms with Crippen molar-refractivity contribution in [1.82, 2.24) is 19.7 Å². The molecule has 0 saturated heterocycles. The van der Waals surface area contributed by atoms with E-state index in [-0.39, 0.29) is 6.04 Å². The Morgan fingerprint density at radius 3 is 2.77 bits per heavy atom. The second kappa shape index (κ2) is 7.94. The molecule has 0 bridgehead atoms. The first-order valence-corrected chi connectivity index (χ1v) is 9.82. The number of fused-ring (bicyclic) bond motifs is 1. The van der Waals surface area contributed by atoms with Crippen molar-refractivity contribution >= 4 is 33.8 Å². The molecule has 1 aromatic carbocycles. The quantitative estimate of drug-likeness (QED) is 0.372. The third kappa shape index (κ3) is 3.74. The van der Waals surface area contributed by atoms with Gasteiger partial charge in [0.15, 0.2) is 5.82 Å². The van der Waals surface area contributed by atoms with Gasteiger partial charge in [0.25, 0.3) is 0 Å². The van der Waals surface area contributed by atoms with Gasteiger partial charge in [0.2, 0.25) is 0 Å². The van der Waals surface area contributed by atoms with Gasteiger partial charge in [0, 0.05) is 60.3 Å². The van der Waals surface area contributed by atoms with Crippen LogP contribution in [-0.2, 0) is 0 Å². The normalized spacial score (nSPS) is 12.9. The van der Waals surface area contributed by atoms with Crippen molar-refractivity contribution in [2.75, 3.05) is 18.1 Å². The molecule has 0 aliphatic heterocycles. The first-order chi connectivity index (χ1) is 14.5. The highest BCUT2D eigenvalue weighted by Crippen LogP contribution is 2.31. The summed E-state index contributed by atoms with van der Waals surface area (Å²) in [5.41, 5.74) is 11.3. The SMILES string of the molecule is CN=C(C)[C@H](C)n1ccc(Nc2cc3cc(-c4cnccc4C)cc(N)c3cn2)n1. The van der Waals surface area contributed by atoms with Crippen LogP contribution in [0.25, 0.3) is 21.9 Å². The minimum Gasteiger partial charge on any atom is -0.398 e. The lowest BCUT2D eigenvalue weighted by molar-refractivity contribution is 0.608. The predicted molar refractivity (Wildman–Crippen MR) is 123 cm³/mol. The van der Waals surface area contributed by atoms with Gasteiger partial charge in [-0.2, -0.15) is 5.10 Å². The molecular formula is C23H25N7. The van der Waals surface area contributed by atoms with E-state index >= 15 is 0 Å². The van der Waals surface area contributed by atoms with Gasteiger partial charge >= 0.3 is 0 Å². The van der Waals surface area contributed by atoms with Crippen molar-refractivity contribution in [3.63, 3.8) is 0 Å². The van der Waals surface area contributed by atoms with Gasteiger partial charge in [0.05, 0.1) is 6.04 Å². The summed E-state index contributed by atoms with van der Waals surface area (Å²) in [4.78, 5) is 13.0. The number of hydrogen-bond acceptors (Lipinski definition) is 6. The number of rotatable bonds is 5. The van der Waals surface area contributed by atoms with E-state index in [9.17, 15) is 0 Å². The summed E-state index contributed by atoms with van der Waals surface area (Å²) in [5.74, 6) is 1.44. The number of nitrogen functional groups attached to an aromatic ring is 1. The number of nitrogens with two attached hydrogens (primary N) is 1. The topological polar surface area (TPSA) is 94.0 Å². The third-order valence-electron chi connectivity index (χ3n) is 5.44. The maximum absolute atomic E-state index is 6.32. The highest BCUT2D eigenvalue weighted by atomic mass is 15.3. The molecule has 0 spiro atoms. The molecule has 4 aromatic rings. The molecule has 0 amide bonds. The lowest BCUT2D eigenvalue weighted by Crippen LogP contribution is -2.14. The standard InChI is InChI=1S/C23H25N7/c1-14-5-7-26-12-19(14)17-9-18-11-23(27-13-20(18)21(24)10-17)28-22-6-8-30(29-22)16(3)15(2)25-4/h5-13,16H,24H2,1-4H3,(H,27,28,29)/t16-/m0/s1. The lowest BCUT2D eigenvalue weighted by Gasteiger charge is -2.12. The Bertz CT molecular complexity index is 1240. The monoisotopic (exact) mass is 399 g/mol. The summed E-state index contributed by atoms with van der Waals surface area (Å²) in [6.07, 6.45) is 7.39. The number of aromatic nitrogens is 4. The van der Waals surface area contributed by atoms with Gasteiger partial charge in [-0.05, 0) is 61.5 Å². The summed E-state index contributed by atoms with van der Waals surface area (Å²) in [6.45, 7) is 6.13. The number of nitrogens with zero attached hydrogens (tertiary/aromatic N) is 5. The van der Waals surface area contributed by atoms with Gasteiger partial charge in [0.1, 0.15) is 5.82 Å². The van der Waals surface area contributed by atoms with E-state index in [2.05, 4.69) is 45.3 Å². The van der Waals surface area contributed by atoms with Crippen molar-refractivity contribution < 1.29 is 0 Å². The fraction of sp³-hybridized carbons (Fsp3) is 0.217. The molecule has 30 heavy (non-hydrogen) atoms. The fourth-order valence-corrected chi connectivity index (χ4v) is 3.41. The molecule has 0 aliphatic rings. The second-order valence-electron chi connectivity index (χ2n) is 7.39. The summed E-state index contributed by atoms with van der Waals surface area (Å²) in [6, 6.07) is 10.1. The number of hydrogen-bond donors (Lipinski definition) is 2. The Morgan fingerprint density at radius 1 is 1.17 bits per heavy atom. The highest BCUT2D eigenvalue weighted by molar-refractivity contribution is 5.97. The molecule has 0 aliphatic carbocycles. The molecule has 0 radical (unpaired) electrons. The average Bonchev–Trinajstić information content (AvgIpc) is 3.21. The van der Waals surface area contributed by atoms with Crippen molar-refractivity contribution in [1.29, 1.82) is 0 Å². The molecule has 3 aromatic heterocycles. The van der Waals surface area contributed by atoms with Crippen LogP contribution in [0.3, 0.4) is 0 Å². The Labute approximate surface area is 175 Å². The van der Waals surface area contributed by atoms with Crippen LogP contribution in [0.5, 0.6) is 0 Å². The first kappa shape index (κ1) is 19.6. The van der Waals surface area contributed by atoms with Crippen LogP contribution in [-0.4, -0.2) is 32.5 Å². The van der Waals surface area contributed by atoms with Gasteiger partial charge in [-0.1, -0.05) is 0 Å². The van der Waals surface area contributed by atoms with Gasteiger partial charge in [-0.3, -0.25) is 14.7 Å². The van der Waals surface area contributed by atoms with Gasteiger partial charge in [-0.25, -0.2) is 4.98 Å². The molecule has 7 heteroatoms. The zero-order valence-electron chi connectivity index (χ0n) is 17.6. The molecule has 152 valence electrons. The van der Waals surface area contributed by atoms with Crippen molar-refractivity contribution in [2.45, 2.75) is 26.8 Å². The minimum absolute atomic E-state index is 0.0974. The van der Waals surface area contributed by atoms with Crippen LogP contribution in [0.1, 0.15) is 25.5 Å². The number of aliphatic imine (C=N–C) groups is 1. The second-order valence-corrected chi connectivity index (χ2v) is 7.39. The fourth-order valence-electron chi connectivity index (χ4n) is 3.41. The minimum atomic E-state index is 0.0974. The largest absolute Gasteiger partial charge is 0.398 e. The van der Waals surface area contributed by atoms with E-state index < -0.39 is 0 Å². The molecule has 0 saturated carbocycles. The van der Waals surface area contributed by atoms with E-state index in [1.165, 1.54) is 0 Å². The van der Waals surface area contributed by atoms with Crippen LogP contribution in [0, 0.1) is 6.92 Å². The van der Waals surface area contributed by atoms with Crippen molar-refractivity contribution in [3.05, 3.63) is 60.7 Å². The van der Waals surface area contributed by atoms with Crippen LogP contribution in [0.15, 0.2) is 60.1 Å². The van der Waals surface area contributed by atoms with Gasteiger partial charge < -0.3 is 11.1 Å². The number of aryl methyl sites for hydroxylation is 1. The number of anilines is 3. The molecule has 3 N–H and O–H groups in total. The molecule has 0 unspecified atom stereocenters. The zero-order chi connectivity index (χ0) is 21.3. The Balaban J connectivity index is 1.67. The molecule has 1 atom stereocenters. The molecular weight excluding hydrogens is 374 g/mol. The number of benzene rings is 1. The van der Waals surface area contributed by atoms with Crippen molar-refractivity contribution in [3.8, 4) is 11.1 Å².